The minimum absolute atomic E-state index is 0.0309. The van der Waals surface area contributed by atoms with Gasteiger partial charge in [-0.05, 0) is 47.7 Å². The standard InChI is InChI=1S/C15H13ClFIN2O3/c1-3-23-15(22)11-12(16)13(7(2)21)20-14(11)19-10-5-4-8(18)6-9(10)17/h4-6,19-20H,3H2,1-2H3. The highest BCUT2D eigenvalue weighted by molar-refractivity contribution is 14.1. The number of ether oxygens (including phenoxy) is 1. The van der Waals surface area contributed by atoms with Crippen LogP contribution in [0.4, 0.5) is 15.9 Å². The van der Waals surface area contributed by atoms with Gasteiger partial charge in [-0.2, -0.15) is 0 Å². The van der Waals surface area contributed by atoms with Crippen LogP contribution in [0.15, 0.2) is 18.2 Å². The fourth-order valence-corrected chi connectivity index (χ4v) is 2.74. The summed E-state index contributed by atoms with van der Waals surface area (Å²) in [7, 11) is 0. The largest absolute Gasteiger partial charge is 0.462 e. The van der Waals surface area contributed by atoms with E-state index < -0.39 is 11.8 Å². The first-order valence-corrected chi connectivity index (χ1v) is 8.12. The van der Waals surface area contributed by atoms with Gasteiger partial charge in [-0.3, -0.25) is 4.79 Å². The molecule has 0 amide bonds. The zero-order valence-corrected chi connectivity index (χ0v) is 15.2. The van der Waals surface area contributed by atoms with Gasteiger partial charge >= 0.3 is 5.97 Å². The Hall–Kier alpha value is -1.61. The normalized spacial score (nSPS) is 10.5. The maximum atomic E-state index is 14.0. The van der Waals surface area contributed by atoms with Gasteiger partial charge < -0.3 is 15.0 Å². The van der Waals surface area contributed by atoms with E-state index in [9.17, 15) is 14.0 Å². The van der Waals surface area contributed by atoms with Crippen LogP contribution >= 0.6 is 34.2 Å². The summed E-state index contributed by atoms with van der Waals surface area (Å²) in [6.07, 6.45) is 0. The minimum atomic E-state index is -0.699. The Balaban J connectivity index is 2.49. The van der Waals surface area contributed by atoms with Crippen molar-refractivity contribution < 1.29 is 18.7 Å². The number of esters is 1. The lowest BCUT2D eigenvalue weighted by molar-refractivity contribution is 0.0528. The molecule has 0 unspecified atom stereocenters. The van der Waals surface area contributed by atoms with Crippen molar-refractivity contribution in [2.75, 3.05) is 11.9 Å². The van der Waals surface area contributed by atoms with Crippen molar-refractivity contribution in [2.24, 2.45) is 0 Å². The number of hydrogen-bond donors (Lipinski definition) is 2. The minimum Gasteiger partial charge on any atom is -0.462 e. The molecule has 0 saturated carbocycles. The summed E-state index contributed by atoms with van der Waals surface area (Å²) in [5.41, 5.74) is 0.170. The third kappa shape index (κ3) is 3.84. The Morgan fingerprint density at radius 2 is 2.13 bits per heavy atom. The Kier molecular flexibility index (Phi) is 5.64. The molecule has 23 heavy (non-hydrogen) atoms. The van der Waals surface area contributed by atoms with Crippen molar-refractivity contribution in [3.05, 3.63) is 43.9 Å². The summed E-state index contributed by atoms with van der Waals surface area (Å²) in [6, 6.07) is 4.56. The molecule has 122 valence electrons. The highest BCUT2D eigenvalue weighted by atomic mass is 127. The quantitative estimate of drug-likeness (QED) is 0.399. The number of aromatic amines is 1. The summed E-state index contributed by atoms with van der Waals surface area (Å²) in [5, 5.41) is 2.70. The van der Waals surface area contributed by atoms with Gasteiger partial charge in [0.25, 0.3) is 0 Å². The molecule has 2 rings (SSSR count). The van der Waals surface area contributed by atoms with E-state index >= 15 is 0 Å². The Morgan fingerprint density at radius 3 is 2.70 bits per heavy atom. The molecule has 0 bridgehead atoms. The van der Waals surface area contributed by atoms with Crippen LogP contribution in [0.1, 0.15) is 34.7 Å². The number of aromatic nitrogens is 1. The molecule has 0 aliphatic carbocycles. The predicted octanol–water partition coefficient (Wildman–Crippen LogP) is 4.53. The number of Topliss-reactive ketones (excluding diaryl/α,β-unsaturated/α-hetero) is 1. The molecule has 0 atom stereocenters. The van der Waals surface area contributed by atoms with Crippen molar-refractivity contribution in [3.63, 3.8) is 0 Å². The average molecular weight is 451 g/mol. The molecule has 0 spiro atoms. The average Bonchev–Trinajstić information content (AvgIpc) is 2.79. The Morgan fingerprint density at radius 1 is 1.43 bits per heavy atom. The maximum absolute atomic E-state index is 14.0. The molecule has 1 heterocycles. The van der Waals surface area contributed by atoms with Gasteiger partial charge in [-0.25, -0.2) is 9.18 Å². The molecule has 2 N–H and O–H groups in total. The lowest BCUT2D eigenvalue weighted by Crippen LogP contribution is -2.07. The third-order valence-corrected chi connectivity index (χ3v) is 4.01. The lowest BCUT2D eigenvalue weighted by atomic mass is 10.2. The van der Waals surface area contributed by atoms with Gasteiger partial charge in [-0.15, -0.1) is 0 Å². The van der Waals surface area contributed by atoms with Gasteiger partial charge in [0.05, 0.1) is 17.3 Å². The summed E-state index contributed by atoms with van der Waals surface area (Å²) in [6.45, 7) is 3.10. The second-order valence-electron chi connectivity index (χ2n) is 4.59. The van der Waals surface area contributed by atoms with Crippen LogP contribution in [0, 0.1) is 9.39 Å². The Labute approximate surface area is 150 Å². The first kappa shape index (κ1) is 17.7. The summed E-state index contributed by atoms with van der Waals surface area (Å²) >= 11 is 8.08. The zero-order valence-electron chi connectivity index (χ0n) is 12.3. The molecule has 1 aromatic carbocycles. The molecule has 0 radical (unpaired) electrons. The second-order valence-corrected chi connectivity index (χ2v) is 6.21. The molecule has 2 aromatic rings. The molecular weight excluding hydrogens is 438 g/mol. The van der Waals surface area contributed by atoms with Crippen LogP contribution in [0.25, 0.3) is 0 Å². The summed E-state index contributed by atoms with van der Waals surface area (Å²) in [4.78, 5) is 26.4. The van der Waals surface area contributed by atoms with Crippen LogP contribution in [0.2, 0.25) is 5.02 Å². The SMILES string of the molecule is CCOC(=O)c1c(Nc2ccc(I)cc2F)[nH]c(C(C)=O)c1Cl. The number of benzene rings is 1. The number of H-pyrrole nitrogens is 1. The van der Waals surface area contributed by atoms with Crippen LogP contribution in [-0.2, 0) is 4.74 Å². The number of ketones is 1. The molecule has 0 aliphatic rings. The van der Waals surface area contributed by atoms with Gasteiger partial charge in [0.1, 0.15) is 22.9 Å². The number of halogens is 3. The van der Waals surface area contributed by atoms with E-state index in [1.165, 1.54) is 19.1 Å². The fourth-order valence-electron chi connectivity index (χ4n) is 1.93. The highest BCUT2D eigenvalue weighted by Crippen LogP contribution is 2.32. The number of carbonyl (C=O) groups is 2. The summed E-state index contributed by atoms with van der Waals surface area (Å²) < 4.78 is 19.7. The monoisotopic (exact) mass is 450 g/mol. The fraction of sp³-hybridized carbons (Fsp3) is 0.200. The van der Waals surface area contributed by atoms with Crippen LogP contribution in [0.3, 0.4) is 0 Å². The van der Waals surface area contributed by atoms with Crippen molar-refractivity contribution in [2.45, 2.75) is 13.8 Å². The van der Waals surface area contributed by atoms with Crippen molar-refractivity contribution >= 4 is 57.4 Å². The number of anilines is 2. The van der Waals surface area contributed by atoms with Crippen LogP contribution in [-0.4, -0.2) is 23.3 Å². The van der Waals surface area contributed by atoms with Gasteiger partial charge in [0.15, 0.2) is 5.78 Å². The predicted molar refractivity (Wildman–Crippen MR) is 94.2 cm³/mol. The topological polar surface area (TPSA) is 71.2 Å². The van der Waals surface area contributed by atoms with Crippen LogP contribution < -0.4 is 5.32 Å². The van der Waals surface area contributed by atoms with Crippen LogP contribution in [0.5, 0.6) is 0 Å². The Bertz CT molecular complexity index is 776. The molecule has 8 heteroatoms. The first-order chi connectivity index (χ1) is 10.8. The van der Waals surface area contributed by atoms with Crippen molar-refractivity contribution in [3.8, 4) is 0 Å². The first-order valence-electron chi connectivity index (χ1n) is 6.66. The molecule has 0 saturated heterocycles. The third-order valence-electron chi connectivity index (χ3n) is 2.96. The maximum Gasteiger partial charge on any atom is 0.343 e. The number of carbonyl (C=O) groups excluding carboxylic acids is 2. The van der Waals surface area contributed by atoms with Gasteiger partial charge in [0, 0.05) is 10.5 Å². The van der Waals surface area contributed by atoms with E-state index in [1.807, 2.05) is 22.6 Å². The number of rotatable bonds is 5. The van der Waals surface area contributed by atoms with E-state index in [1.54, 1.807) is 13.0 Å². The van der Waals surface area contributed by atoms with Crippen molar-refractivity contribution in [1.82, 2.24) is 4.98 Å². The second kappa shape index (κ2) is 7.31. The van der Waals surface area contributed by atoms with E-state index in [0.29, 0.717) is 0 Å². The smallest absolute Gasteiger partial charge is 0.343 e. The van der Waals surface area contributed by atoms with Crippen molar-refractivity contribution in [1.29, 1.82) is 0 Å². The molecule has 1 aromatic heterocycles. The van der Waals surface area contributed by atoms with E-state index in [4.69, 9.17) is 16.3 Å². The van der Waals surface area contributed by atoms with E-state index in [-0.39, 0.29) is 40.2 Å². The van der Waals surface area contributed by atoms with Gasteiger partial charge in [-0.1, -0.05) is 11.6 Å². The molecule has 5 nitrogen and oxygen atoms in total. The molecule has 0 aliphatic heterocycles. The van der Waals surface area contributed by atoms with E-state index in [0.717, 1.165) is 3.57 Å². The lowest BCUT2D eigenvalue weighted by Gasteiger charge is -2.09. The van der Waals surface area contributed by atoms with Gasteiger partial charge in [0.2, 0.25) is 0 Å². The van der Waals surface area contributed by atoms with E-state index in [2.05, 4.69) is 10.3 Å². The zero-order chi connectivity index (χ0) is 17.1. The number of nitrogens with one attached hydrogen (secondary N) is 2. The highest BCUT2D eigenvalue weighted by Gasteiger charge is 2.25. The number of hydrogen-bond acceptors (Lipinski definition) is 4. The molecule has 0 fully saturated rings. The molecular formula is C15H13ClFIN2O3. The summed E-state index contributed by atoms with van der Waals surface area (Å²) in [5.74, 6) is -1.44.